The molecule has 2 rings (SSSR count). The van der Waals surface area contributed by atoms with Gasteiger partial charge in [0.2, 0.25) is 0 Å². The third-order valence-corrected chi connectivity index (χ3v) is 3.17. The normalized spacial score (nSPS) is 14.5. The largest absolute Gasteiger partial charge is 0.374 e. The molecule has 1 atom stereocenters. The Balaban J connectivity index is 2.52. The van der Waals surface area contributed by atoms with Crippen molar-refractivity contribution in [2.45, 2.75) is 5.60 Å². The molecule has 2 nitrogen and oxygen atoms in total. The van der Waals surface area contributed by atoms with Gasteiger partial charge in [0.1, 0.15) is 5.01 Å². The maximum absolute atomic E-state index is 10.5. The number of hydrogen-bond donors (Lipinski definition) is 1. The van der Waals surface area contributed by atoms with E-state index in [-0.39, 0.29) is 0 Å². The van der Waals surface area contributed by atoms with Gasteiger partial charge in [0.05, 0.1) is 0 Å². The van der Waals surface area contributed by atoms with Crippen molar-refractivity contribution in [3.05, 3.63) is 65.1 Å². The number of aromatic nitrogens is 1. The molecule has 0 fully saturated rings. The van der Waals surface area contributed by atoms with Gasteiger partial charge < -0.3 is 5.11 Å². The van der Waals surface area contributed by atoms with E-state index < -0.39 is 5.60 Å². The van der Waals surface area contributed by atoms with E-state index in [0.29, 0.717) is 5.01 Å². The molecule has 1 aromatic carbocycles. The number of rotatable bonds is 3. The Hall–Kier alpha value is -1.45. The Morgan fingerprint density at radius 1 is 1.33 bits per heavy atom. The Morgan fingerprint density at radius 3 is 2.60 bits per heavy atom. The lowest BCUT2D eigenvalue weighted by atomic mass is 9.95. The smallest absolute Gasteiger partial charge is 0.159 e. The zero-order chi connectivity index (χ0) is 10.7. The Morgan fingerprint density at radius 2 is 2.07 bits per heavy atom. The van der Waals surface area contributed by atoms with Gasteiger partial charge >= 0.3 is 0 Å². The first-order chi connectivity index (χ1) is 7.27. The summed E-state index contributed by atoms with van der Waals surface area (Å²) >= 11 is 1.42. The summed E-state index contributed by atoms with van der Waals surface area (Å²) in [6.45, 7) is 3.68. The molecule has 0 aliphatic heterocycles. The van der Waals surface area contributed by atoms with Gasteiger partial charge in [-0.2, -0.15) is 0 Å². The molecule has 0 saturated carbocycles. The highest BCUT2D eigenvalue weighted by atomic mass is 32.1. The minimum atomic E-state index is -1.17. The van der Waals surface area contributed by atoms with Gasteiger partial charge in [0.25, 0.3) is 0 Å². The fraction of sp³-hybridized carbons (Fsp3) is 0.0833. The van der Waals surface area contributed by atoms with Crippen LogP contribution >= 0.6 is 11.3 Å². The molecule has 1 aromatic heterocycles. The molecule has 0 saturated heterocycles. The summed E-state index contributed by atoms with van der Waals surface area (Å²) < 4.78 is 0. The third kappa shape index (κ3) is 1.71. The van der Waals surface area contributed by atoms with E-state index in [4.69, 9.17) is 0 Å². The maximum Gasteiger partial charge on any atom is 0.159 e. The summed E-state index contributed by atoms with van der Waals surface area (Å²) in [4.78, 5) is 4.13. The van der Waals surface area contributed by atoms with Crippen molar-refractivity contribution in [2.75, 3.05) is 0 Å². The van der Waals surface area contributed by atoms with Gasteiger partial charge in [-0.3, -0.25) is 0 Å². The monoisotopic (exact) mass is 217 g/mol. The standard InChI is InChI=1S/C12H11NOS/c1-2-12(14,11-13-8-9-15-11)10-6-4-3-5-7-10/h2-9,14H,1H2. The van der Waals surface area contributed by atoms with Crippen molar-refractivity contribution < 1.29 is 5.11 Å². The van der Waals surface area contributed by atoms with Crippen LogP contribution in [0, 0.1) is 0 Å². The summed E-state index contributed by atoms with van der Waals surface area (Å²) in [7, 11) is 0. The Labute approximate surface area is 92.5 Å². The highest BCUT2D eigenvalue weighted by Crippen LogP contribution is 2.31. The summed E-state index contributed by atoms with van der Waals surface area (Å²) in [6.07, 6.45) is 3.19. The number of hydrogen-bond acceptors (Lipinski definition) is 3. The maximum atomic E-state index is 10.5. The lowest BCUT2D eigenvalue weighted by Gasteiger charge is -2.21. The van der Waals surface area contributed by atoms with Crippen LogP contribution in [0.25, 0.3) is 0 Å². The molecule has 2 aromatic rings. The van der Waals surface area contributed by atoms with Crippen LogP contribution in [0.15, 0.2) is 54.6 Å². The van der Waals surface area contributed by atoms with Crippen molar-refractivity contribution >= 4 is 11.3 Å². The van der Waals surface area contributed by atoms with Crippen molar-refractivity contribution in [2.24, 2.45) is 0 Å². The summed E-state index contributed by atoms with van der Waals surface area (Å²) in [5, 5.41) is 13.0. The molecule has 1 unspecified atom stereocenters. The molecule has 0 amide bonds. The van der Waals surface area contributed by atoms with Crippen LogP contribution < -0.4 is 0 Å². The Kier molecular flexibility index (Phi) is 2.66. The summed E-state index contributed by atoms with van der Waals surface area (Å²) in [6, 6.07) is 9.41. The highest BCUT2D eigenvalue weighted by Gasteiger charge is 2.30. The number of aliphatic hydroxyl groups is 1. The molecule has 1 N–H and O–H groups in total. The van der Waals surface area contributed by atoms with Gasteiger partial charge in [-0.05, 0) is 11.6 Å². The predicted octanol–water partition coefficient (Wildman–Crippen LogP) is 2.57. The van der Waals surface area contributed by atoms with E-state index in [0.717, 1.165) is 5.56 Å². The molecule has 0 aliphatic rings. The average Bonchev–Trinajstić information content (AvgIpc) is 2.83. The van der Waals surface area contributed by atoms with Crippen LogP contribution in [0.2, 0.25) is 0 Å². The molecule has 0 radical (unpaired) electrons. The van der Waals surface area contributed by atoms with E-state index in [9.17, 15) is 5.11 Å². The van der Waals surface area contributed by atoms with E-state index in [1.807, 2.05) is 35.7 Å². The number of benzene rings is 1. The molecule has 0 spiro atoms. The topological polar surface area (TPSA) is 33.1 Å². The minimum Gasteiger partial charge on any atom is -0.374 e. The SMILES string of the molecule is C=CC(O)(c1ccccc1)c1nccs1. The van der Waals surface area contributed by atoms with Crippen molar-refractivity contribution in [3.8, 4) is 0 Å². The second-order valence-corrected chi connectivity index (χ2v) is 4.07. The predicted molar refractivity (Wildman–Crippen MR) is 61.8 cm³/mol. The van der Waals surface area contributed by atoms with Crippen LogP contribution in [-0.4, -0.2) is 10.1 Å². The van der Waals surface area contributed by atoms with E-state index in [1.165, 1.54) is 17.4 Å². The fourth-order valence-corrected chi connectivity index (χ4v) is 2.19. The van der Waals surface area contributed by atoms with Gasteiger partial charge in [0.15, 0.2) is 5.60 Å². The quantitative estimate of drug-likeness (QED) is 0.801. The zero-order valence-corrected chi connectivity index (χ0v) is 8.95. The highest BCUT2D eigenvalue weighted by molar-refractivity contribution is 7.09. The fourth-order valence-electron chi connectivity index (χ4n) is 1.43. The van der Waals surface area contributed by atoms with Crippen molar-refractivity contribution in [1.29, 1.82) is 0 Å². The van der Waals surface area contributed by atoms with Gasteiger partial charge in [-0.1, -0.05) is 36.9 Å². The zero-order valence-electron chi connectivity index (χ0n) is 8.13. The van der Waals surface area contributed by atoms with Crippen LogP contribution in [-0.2, 0) is 5.60 Å². The van der Waals surface area contributed by atoms with Crippen LogP contribution in [0.4, 0.5) is 0 Å². The second kappa shape index (κ2) is 3.96. The molecule has 15 heavy (non-hydrogen) atoms. The van der Waals surface area contributed by atoms with Crippen molar-refractivity contribution in [3.63, 3.8) is 0 Å². The molecular weight excluding hydrogens is 206 g/mol. The van der Waals surface area contributed by atoms with E-state index in [1.54, 1.807) is 6.20 Å². The van der Waals surface area contributed by atoms with Crippen LogP contribution in [0.3, 0.4) is 0 Å². The summed E-state index contributed by atoms with van der Waals surface area (Å²) in [5.41, 5.74) is -0.384. The second-order valence-electron chi connectivity index (χ2n) is 3.17. The first-order valence-electron chi connectivity index (χ1n) is 4.59. The molecule has 3 heteroatoms. The molecular formula is C12H11NOS. The average molecular weight is 217 g/mol. The summed E-state index contributed by atoms with van der Waals surface area (Å²) in [5.74, 6) is 0. The van der Waals surface area contributed by atoms with Crippen molar-refractivity contribution in [1.82, 2.24) is 4.98 Å². The molecule has 0 aliphatic carbocycles. The molecule has 1 heterocycles. The van der Waals surface area contributed by atoms with Crippen LogP contribution in [0.1, 0.15) is 10.6 Å². The molecule has 0 bridgehead atoms. The number of thiazole rings is 1. The van der Waals surface area contributed by atoms with Gasteiger partial charge in [0, 0.05) is 11.6 Å². The first kappa shape index (κ1) is 10.1. The number of nitrogens with zero attached hydrogens (tertiary/aromatic N) is 1. The Bertz CT molecular complexity index is 438. The minimum absolute atomic E-state index is 0.642. The first-order valence-corrected chi connectivity index (χ1v) is 5.47. The van der Waals surface area contributed by atoms with E-state index >= 15 is 0 Å². The van der Waals surface area contributed by atoms with Gasteiger partial charge in [-0.25, -0.2) is 4.98 Å². The lowest BCUT2D eigenvalue weighted by molar-refractivity contribution is 0.134. The molecule has 76 valence electrons. The lowest BCUT2D eigenvalue weighted by Crippen LogP contribution is -2.23. The third-order valence-electron chi connectivity index (χ3n) is 2.27. The van der Waals surface area contributed by atoms with Crippen LogP contribution in [0.5, 0.6) is 0 Å². The van der Waals surface area contributed by atoms with Gasteiger partial charge in [-0.15, -0.1) is 11.3 Å². The van der Waals surface area contributed by atoms with E-state index in [2.05, 4.69) is 11.6 Å².